The van der Waals surface area contributed by atoms with Crippen molar-refractivity contribution in [1.82, 2.24) is 9.80 Å². The largest absolute Gasteiger partial charge is 0.469 e. The van der Waals surface area contributed by atoms with Crippen LogP contribution in [0.2, 0.25) is 0 Å². The van der Waals surface area contributed by atoms with Crippen LogP contribution in [0.15, 0.2) is 54.6 Å². The Bertz CT molecular complexity index is 854. The molecule has 4 rings (SSSR count). The second kappa shape index (κ2) is 11.5. The number of methoxy groups -OCH3 is 1. The first kappa shape index (κ1) is 22.8. The molecule has 2 fully saturated rings. The van der Waals surface area contributed by atoms with E-state index >= 15 is 0 Å². The smallest absolute Gasteiger partial charge is 0.305 e. The molecule has 172 valence electrons. The van der Waals surface area contributed by atoms with Gasteiger partial charge < -0.3 is 14.2 Å². The second-order valence-electron chi connectivity index (χ2n) is 8.68. The van der Waals surface area contributed by atoms with Crippen LogP contribution in [0, 0.1) is 5.92 Å². The predicted molar refractivity (Wildman–Crippen MR) is 124 cm³/mol. The molecule has 0 amide bonds. The molecule has 0 bridgehead atoms. The standard InChI is InChI=1S/C26H34N2O4/c1-30-26(29)11-10-22-20-27(13-12-25(22)28-14-16-31-17-15-28)19-21-6-5-9-24(18-21)32-23-7-3-2-4-8-23/h2-9,18,22,25H,10-17,19-20H2,1H3/t22-,25+/m1/s1. The number of esters is 1. The van der Waals surface area contributed by atoms with E-state index in [0.717, 1.165) is 70.3 Å². The van der Waals surface area contributed by atoms with Crippen LogP contribution in [0.1, 0.15) is 24.8 Å². The Morgan fingerprint density at radius 3 is 2.59 bits per heavy atom. The summed E-state index contributed by atoms with van der Waals surface area (Å²) in [6.07, 6.45) is 2.46. The van der Waals surface area contributed by atoms with Crippen LogP contribution in [0.4, 0.5) is 0 Å². The highest BCUT2D eigenvalue weighted by Gasteiger charge is 2.34. The van der Waals surface area contributed by atoms with Crippen molar-refractivity contribution in [2.24, 2.45) is 5.92 Å². The summed E-state index contributed by atoms with van der Waals surface area (Å²) in [5.41, 5.74) is 1.25. The van der Waals surface area contributed by atoms with Gasteiger partial charge in [-0.3, -0.25) is 14.6 Å². The zero-order valence-corrected chi connectivity index (χ0v) is 18.9. The van der Waals surface area contributed by atoms with Gasteiger partial charge in [0.1, 0.15) is 11.5 Å². The van der Waals surface area contributed by atoms with E-state index < -0.39 is 0 Å². The number of nitrogens with zero attached hydrogens (tertiary/aromatic N) is 2. The fourth-order valence-corrected chi connectivity index (χ4v) is 4.91. The van der Waals surface area contributed by atoms with Crippen molar-refractivity contribution in [2.45, 2.75) is 31.8 Å². The highest BCUT2D eigenvalue weighted by atomic mass is 16.5. The Morgan fingerprint density at radius 2 is 1.81 bits per heavy atom. The second-order valence-corrected chi connectivity index (χ2v) is 8.68. The van der Waals surface area contributed by atoms with E-state index in [1.165, 1.54) is 12.7 Å². The first-order valence-electron chi connectivity index (χ1n) is 11.6. The van der Waals surface area contributed by atoms with Crippen LogP contribution in [-0.4, -0.2) is 68.3 Å². The molecule has 2 aromatic rings. The number of carbonyl (C=O) groups is 1. The quantitative estimate of drug-likeness (QED) is 0.582. The van der Waals surface area contributed by atoms with E-state index in [1.54, 1.807) is 0 Å². The molecular formula is C26H34N2O4. The van der Waals surface area contributed by atoms with Crippen LogP contribution in [0.5, 0.6) is 11.5 Å². The fourth-order valence-electron chi connectivity index (χ4n) is 4.91. The Labute approximate surface area is 191 Å². The van der Waals surface area contributed by atoms with Gasteiger partial charge in [0, 0.05) is 38.6 Å². The molecule has 2 aliphatic rings. The summed E-state index contributed by atoms with van der Waals surface area (Å²) in [6.45, 7) is 6.51. The third kappa shape index (κ3) is 6.31. The van der Waals surface area contributed by atoms with Gasteiger partial charge in [0.05, 0.1) is 20.3 Å². The van der Waals surface area contributed by atoms with Crippen LogP contribution in [-0.2, 0) is 20.8 Å². The van der Waals surface area contributed by atoms with Gasteiger partial charge in [-0.2, -0.15) is 0 Å². The van der Waals surface area contributed by atoms with E-state index in [-0.39, 0.29) is 5.97 Å². The van der Waals surface area contributed by atoms with Gasteiger partial charge in [-0.05, 0) is 55.1 Å². The maximum Gasteiger partial charge on any atom is 0.305 e. The Hall–Kier alpha value is -2.41. The number of piperidine rings is 1. The van der Waals surface area contributed by atoms with Gasteiger partial charge >= 0.3 is 5.97 Å². The molecule has 0 saturated carbocycles. The Kier molecular flexibility index (Phi) is 8.15. The monoisotopic (exact) mass is 438 g/mol. The predicted octanol–water partition coefficient (Wildman–Crippen LogP) is 3.95. The van der Waals surface area contributed by atoms with Gasteiger partial charge in [-0.15, -0.1) is 0 Å². The average Bonchev–Trinajstić information content (AvgIpc) is 2.84. The molecule has 0 aliphatic carbocycles. The van der Waals surface area contributed by atoms with Crippen molar-refractivity contribution < 1.29 is 19.0 Å². The van der Waals surface area contributed by atoms with Gasteiger partial charge in [0.2, 0.25) is 0 Å². The third-order valence-electron chi connectivity index (χ3n) is 6.52. The molecular weight excluding hydrogens is 404 g/mol. The van der Waals surface area contributed by atoms with Gasteiger partial charge in [-0.1, -0.05) is 30.3 Å². The normalized spacial score (nSPS) is 22.4. The first-order chi connectivity index (χ1) is 15.7. The molecule has 0 aromatic heterocycles. The van der Waals surface area contributed by atoms with Crippen molar-refractivity contribution in [2.75, 3.05) is 46.5 Å². The number of morpholine rings is 1. The molecule has 2 aliphatic heterocycles. The lowest BCUT2D eigenvalue weighted by atomic mass is 9.86. The molecule has 2 atom stereocenters. The Balaban J connectivity index is 1.39. The third-order valence-corrected chi connectivity index (χ3v) is 6.52. The molecule has 6 nitrogen and oxygen atoms in total. The summed E-state index contributed by atoms with van der Waals surface area (Å²) in [6, 6.07) is 18.7. The van der Waals surface area contributed by atoms with Gasteiger partial charge in [0.15, 0.2) is 0 Å². The minimum atomic E-state index is -0.117. The number of benzene rings is 2. The maximum atomic E-state index is 11.8. The summed E-state index contributed by atoms with van der Waals surface area (Å²) in [4.78, 5) is 16.9. The summed E-state index contributed by atoms with van der Waals surface area (Å²) in [5.74, 6) is 2.04. The number of carbonyl (C=O) groups excluding carboxylic acids is 1. The van der Waals surface area contributed by atoms with Crippen molar-refractivity contribution in [3.63, 3.8) is 0 Å². The lowest BCUT2D eigenvalue weighted by Crippen LogP contribution is -2.53. The highest BCUT2D eigenvalue weighted by Crippen LogP contribution is 2.29. The summed E-state index contributed by atoms with van der Waals surface area (Å²) in [5, 5.41) is 0. The number of hydrogen-bond acceptors (Lipinski definition) is 6. The minimum absolute atomic E-state index is 0.117. The first-order valence-corrected chi connectivity index (χ1v) is 11.6. The van der Waals surface area contributed by atoms with Crippen molar-refractivity contribution in [3.8, 4) is 11.5 Å². The summed E-state index contributed by atoms with van der Waals surface area (Å²) >= 11 is 0. The average molecular weight is 439 g/mol. The summed E-state index contributed by atoms with van der Waals surface area (Å²) in [7, 11) is 1.47. The zero-order valence-electron chi connectivity index (χ0n) is 18.9. The molecule has 0 spiro atoms. The van der Waals surface area contributed by atoms with Crippen molar-refractivity contribution in [1.29, 1.82) is 0 Å². The lowest BCUT2D eigenvalue weighted by Gasteiger charge is -2.45. The van der Waals surface area contributed by atoms with E-state index in [2.05, 4.69) is 28.0 Å². The molecule has 0 N–H and O–H groups in total. The van der Waals surface area contributed by atoms with Crippen LogP contribution in [0.25, 0.3) is 0 Å². The number of likely N-dealkylation sites (tertiary alicyclic amines) is 1. The maximum absolute atomic E-state index is 11.8. The number of para-hydroxylation sites is 1. The van der Waals surface area contributed by atoms with E-state index in [0.29, 0.717) is 18.4 Å². The lowest BCUT2D eigenvalue weighted by molar-refractivity contribution is -0.141. The van der Waals surface area contributed by atoms with Crippen LogP contribution < -0.4 is 4.74 Å². The number of rotatable bonds is 8. The molecule has 2 saturated heterocycles. The topological polar surface area (TPSA) is 51.2 Å². The molecule has 0 radical (unpaired) electrons. The molecule has 0 unspecified atom stereocenters. The van der Waals surface area contributed by atoms with Gasteiger partial charge in [0.25, 0.3) is 0 Å². The molecule has 2 heterocycles. The van der Waals surface area contributed by atoms with E-state index in [9.17, 15) is 4.79 Å². The Morgan fingerprint density at radius 1 is 1.03 bits per heavy atom. The number of ether oxygens (including phenoxy) is 3. The minimum Gasteiger partial charge on any atom is -0.469 e. The zero-order chi connectivity index (χ0) is 22.2. The summed E-state index contributed by atoms with van der Waals surface area (Å²) < 4.78 is 16.5. The van der Waals surface area contributed by atoms with Crippen molar-refractivity contribution >= 4 is 5.97 Å². The van der Waals surface area contributed by atoms with Crippen molar-refractivity contribution in [3.05, 3.63) is 60.2 Å². The molecule has 6 heteroatoms. The fraction of sp³-hybridized carbons (Fsp3) is 0.500. The van der Waals surface area contributed by atoms with E-state index in [4.69, 9.17) is 14.2 Å². The van der Waals surface area contributed by atoms with E-state index in [1.807, 2.05) is 36.4 Å². The van der Waals surface area contributed by atoms with Gasteiger partial charge in [-0.25, -0.2) is 0 Å². The highest BCUT2D eigenvalue weighted by molar-refractivity contribution is 5.69. The number of hydrogen-bond donors (Lipinski definition) is 0. The molecule has 32 heavy (non-hydrogen) atoms. The SMILES string of the molecule is COC(=O)CC[C@@H]1CN(Cc2cccc(Oc3ccccc3)c2)CC[C@@H]1N1CCOCC1. The molecule has 2 aromatic carbocycles. The van der Waals surface area contributed by atoms with Crippen LogP contribution in [0.3, 0.4) is 0 Å². The van der Waals surface area contributed by atoms with Crippen LogP contribution >= 0.6 is 0 Å².